The largest absolute Gasteiger partial charge is 0.472 e. The van der Waals surface area contributed by atoms with E-state index >= 15 is 0 Å². The van der Waals surface area contributed by atoms with E-state index in [2.05, 4.69) is 15.2 Å². The maximum atomic E-state index is 12.7. The molecule has 0 aromatic carbocycles. The summed E-state index contributed by atoms with van der Waals surface area (Å²) >= 11 is 0. The molecule has 0 bridgehead atoms. The van der Waals surface area contributed by atoms with Gasteiger partial charge in [-0.1, -0.05) is 0 Å². The molecule has 2 aromatic heterocycles. The Hall–Kier alpha value is -2.26. The van der Waals surface area contributed by atoms with Gasteiger partial charge in [-0.15, -0.1) is 10.2 Å². The minimum Gasteiger partial charge on any atom is -0.472 e. The molecule has 0 aliphatic carbocycles. The van der Waals surface area contributed by atoms with Crippen molar-refractivity contribution in [2.75, 3.05) is 32.1 Å². The summed E-state index contributed by atoms with van der Waals surface area (Å²) in [5.74, 6) is 1.13. The number of nitrogens with zero attached hydrogens (tertiary/aromatic N) is 5. The van der Waals surface area contributed by atoms with E-state index in [4.69, 9.17) is 4.74 Å². The van der Waals surface area contributed by atoms with Crippen LogP contribution in [0.1, 0.15) is 12.8 Å². The fourth-order valence-electron chi connectivity index (χ4n) is 2.65. The molecule has 3 rings (SSSR count). The van der Waals surface area contributed by atoms with E-state index in [1.165, 1.54) is 10.5 Å². The van der Waals surface area contributed by atoms with Gasteiger partial charge in [-0.2, -0.15) is 4.31 Å². The third kappa shape index (κ3) is 4.05. The number of anilines is 1. The normalized spacial score (nSPS) is 18.7. The Balaban J connectivity index is 1.69. The van der Waals surface area contributed by atoms with E-state index in [9.17, 15) is 8.42 Å². The lowest BCUT2D eigenvalue weighted by Gasteiger charge is -2.31. The zero-order valence-electron chi connectivity index (χ0n) is 14.2. The van der Waals surface area contributed by atoms with Gasteiger partial charge in [-0.25, -0.2) is 8.42 Å². The molecule has 25 heavy (non-hydrogen) atoms. The zero-order valence-corrected chi connectivity index (χ0v) is 15.1. The van der Waals surface area contributed by atoms with Crippen LogP contribution in [0.15, 0.2) is 41.6 Å². The van der Waals surface area contributed by atoms with Crippen LogP contribution in [0.4, 0.5) is 5.82 Å². The van der Waals surface area contributed by atoms with Crippen LogP contribution in [0.2, 0.25) is 0 Å². The number of ether oxygens (including phenoxy) is 1. The summed E-state index contributed by atoms with van der Waals surface area (Å²) in [6.45, 7) is 0.761. The predicted octanol–water partition coefficient (Wildman–Crippen LogP) is 1.17. The molecule has 1 fully saturated rings. The van der Waals surface area contributed by atoms with Crippen molar-refractivity contribution in [3.05, 3.63) is 36.7 Å². The van der Waals surface area contributed by atoms with E-state index in [-0.39, 0.29) is 17.5 Å². The fraction of sp³-hybridized carbons (Fsp3) is 0.438. The standard InChI is InChI=1S/C16H21N5O3S/c1-20(2)15-7-8-16(19-18-15)24-13-5-4-10-21(12-13)25(22,23)14-6-3-9-17-11-14/h3,6-9,11,13H,4-5,10,12H2,1-2H3. The molecule has 0 spiro atoms. The first-order valence-corrected chi connectivity index (χ1v) is 9.49. The number of pyridine rings is 1. The molecule has 2 aromatic rings. The number of aromatic nitrogens is 3. The van der Waals surface area contributed by atoms with E-state index < -0.39 is 10.0 Å². The Morgan fingerprint density at radius 1 is 1.24 bits per heavy atom. The topological polar surface area (TPSA) is 88.5 Å². The third-order valence-corrected chi connectivity index (χ3v) is 5.83. The highest BCUT2D eigenvalue weighted by Crippen LogP contribution is 2.22. The number of hydrogen-bond donors (Lipinski definition) is 0. The van der Waals surface area contributed by atoms with Gasteiger partial charge in [0.2, 0.25) is 15.9 Å². The van der Waals surface area contributed by atoms with Crippen LogP contribution in [0.5, 0.6) is 5.88 Å². The summed E-state index contributed by atoms with van der Waals surface area (Å²) in [5.41, 5.74) is 0. The quantitative estimate of drug-likeness (QED) is 0.788. The van der Waals surface area contributed by atoms with Crippen molar-refractivity contribution >= 4 is 15.8 Å². The lowest BCUT2D eigenvalue weighted by Crippen LogP contribution is -2.44. The Labute approximate surface area is 147 Å². The maximum Gasteiger partial charge on any atom is 0.244 e. The molecule has 1 unspecified atom stereocenters. The van der Waals surface area contributed by atoms with Crippen molar-refractivity contribution in [1.29, 1.82) is 0 Å². The molecular formula is C16H21N5O3S. The van der Waals surface area contributed by atoms with Crippen molar-refractivity contribution < 1.29 is 13.2 Å². The second-order valence-corrected chi connectivity index (χ2v) is 8.00. The second-order valence-electron chi connectivity index (χ2n) is 6.06. The molecule has 3 heterocycles. The second kappa shape index (κ2) is 7.32. The van der Waals surface area contributed by atoms with Crippen LogP contribution in [-0.4, -0.2) is 61.2 Å². The van der Waals surface area contributed by atoms with Crippen molar-refractivity contribution in [3.63, 3.8) is 0 Å². The van der Waals surface area contributed by atoms with Crippen molar-refractivity contribution in [3.8, 4) is 5.88 Å². The summed E-state index contributed by atoms with van der Waals surface area (Å²) < 4.78 is 32.7. The van der Waals surface area contributed by atoms with Gasteiger partial charge < -0.3 is 9.64 Å². The molecule has 9 heteroatoms. The fourth-order valence-corrected chi connectivity index (χ4v) is 4.13. The smallest absolute Gasteiger partial charge is 0.244 e. The SMILES string of the molecule is CN(C)c1ccc(OC2CCCN(S(=O)(=O)c3cccnc3)C2)nn1. The van der Waals surface area contributed by atoms with E-state index in [1.54, 1.807) is 24.4 Å². The van der Waals surface area contributed by atoms with Crippen molar-refractivity contribution in [2.45, 2.75) is 23.8 Å². The van der Waals surface area contributed by atoms with Gasteiger partial charge in [0.15, 0.2) is 5.82 Å². The molecule has 0 saturated carbocycles. The van der Waals surface area contributed by atoms with Gasteiger partial charge in [0.05, 0.1) is 6.54 Å². The third-order valence-electron chi connectivity index (χ3n) is 3.98. The highest BCUT2D eigenvalue weighted by Gasteiger charge is 2.31. The number of piperidine rings is 1. The van der Waals surface area contributed by atoms with Crippen LogP contribution in [0, 0.1) is 0 Å². The Kier molecular flexibility index (Phi) is 5.14. The molecule has 1 aliphatic heterocycles. The molecule has 1 saturated heterocycles. The summed E-state index contributed by atoms with van der Waals surface area (Å²) in [7, 11) is 0.207. The van der Waals surface area contributed by atoms with E-state index in [0.717, 1.165) is 18.7 Å². The van der Waals surface area contributed by atoms with Crippen LogP contribution in [0.25, 0.3) is 0 Å². The Bertz CT molecular complexity index is 796. The first-order chi connectivity index (χ1) is 12.0. The average molecular weight is 363 g/mol. The van der Waals surface area contributed by atoms with Crippen molar-refractivity contribution in [2.24, 2.45) is 0 Å². The summed E-state index contributed by atoms with van der Waals surface area (Å²) in [5, 5.41) is 8.12. The van der Waals surface area contributed by atoms with Gasteiger partial charge in [-0.05, 0) is 31.0 Å². The molecule has 0 N–H and O–H groups in total. The van der Waals surface area contributed by atoms with Gasteiger partial charge >= 0.3 is 0 Å². The molecule has 1 aliphatic rings. The average Bonchev–Trinajstić information content (AvgIpc) is 2.63. The number of sulfonamides is 1. The minimum absolute atomic E-state index is 0.200. The number of hydrogen-bond acceptors (Lipinski definition) is 7. The van der Waals surface area contributed by atoms with Gasteiger partial charge in [0, 0.05) is 39.1 Å². The first-order valence-electron chi connectivity index (χ1n) is 8.05. The van der Waals surface area contributed by atoms with Crippen LogP contribution >= 0.6 is 0 Å². The highest BCUT2D eigenvalue weighted by atomic mass is 32.2. The zero-order chi connectivity index (χ0) is 17.9. The van der Waals surface area contributed by atoms with Gasteiger partial charge in [0.1, 0.15) is 11.0 Å². The summed E-state index contributed by atoms with van der Waals surface area (Å²) in [6, 6.07) is 6.73. The maximum absolute atomic E-state index is 12.7. The van der Waals surface area contributed by atoms with E-state index in [1.807, 2.05) is 25.1 Å². The monoisotopic (exact) mass is 363 g/mol. The minimum atomic E-state index is -3.56. The van der Waals surface area contributed by atoms with E-state index in [0.29, 0.717) is 12.4 Å². The van der Waals surface area contributed by atoms with Crippen LogP contribution in [-0.2, 0) is 10.0 Å². The summed E-state index contributed by atoms with van der Waals surface area (Å²) in [6.07, 6.45) is 4.17. The summed E-state index contributed by atoms with van der Waals surface area (Å²) in [4.78, 5) is 5.94. The molecule has 1 atom stereocenters. The molecule has 8 nitrogen and oxygen atoms in total. The molecular weight excluding hydrogens is 342 g/mol. The van der Waals surface area contributed by atoms with Crippen LogP contribution in [0.3, 0.4) is 0 Å². The highest BCUT2D eigenvalue weighted by molar-refractivity contribution is 7.89. The molecule has 0 amide bonds. The lowest BCUT2D eigenvalue weighted by molar-refractivity contribution is 0.123. The predicted molar refractivity (Wildman–Crippen MR) is 93.0 cm³/mol. The molecule has 0 radical (unpaired) electrons. The lowest BCUT2D eigenvalue weighted by atomic mass is 10.1. The Morgan fingerprint density at radius 2 is 2.08 bits per heavy atom. The number of rotatable bonds is 5. The first kappa shape index (κ1) is 17.6. The van der Waals surface area contributed by atoms with Crippen LogP contribution < -0.4 is 9.64 Å². The van der Waals surface area contributed by atoms with Gasteiger partial charge in [0.25, 0.3) is 0 Å². The molecule has 134 valence electrons. The van der Waals surface area contributed by atoms with Crippen molar-refractivity contribution in [1.82, 2.24) is 19.5 Å². The van der Waals surface area contributed by atoms with Gasteiger partial charge in [-0.3, -0.25) is 4.98 Å². The Morgan fingerprint density at radius 3 is 2.72 bits per heavy atom.